The Morgan fingerprint density at radius 2 is 1.85 bits per heavy atom. The maximum Gasteiger partial charge on any atom is 0.303 e. The van der Waals surface area contributed by atoms with Crippen LogP contribution in [0.4, 0.5) is 11.4 Å². The number of benzene rings is 2. The molecule has 2 amide bonds. The van der Waals surface area contributed by atoms with Gasteiger partial charge in [0.2, 0.25) is 5.91 Å². The van der Waals surface area contributed by atoms with Crippen molar-refractivity contribution in [1.29, 1.82) is 0 Å². The lowest BCUT2D eigenvalue weighted by Gasteiger charge is -2.26. The monoisotopic (exact) mass is 352 g/mol. The highest BCUT2D eigenvalue weighted by molar-refractivity contribution is 6.05. The van der Waals surface area contributed by atoms with Gasteiger partial charge in [0.15, 0.2) is 0 Å². The van der Waals surface area contributed by atoms with Crippen molar-refractivity contribution in [2.24, 2.45) is 0 Å². The van der Waals surface area contributed by atoms with Crippen molar-refractivity contribution in [2.75, 3.05) is 17.3 Å². The highest BCUT2D eigenvalue weighted by Crippen LogP contribution is 2.27. The van der Waals surface area contributed by atoms with E-state index in [1.807, 2.05) is 18.2 Å². The Morgan fingerprint density at radius 1 is 1.12 bits per heavy atom. The molecular weight excluding hydrogens is 332 g/mol. The molecule has 26 heavy (non-hydrogen) atoms. The molecule has 1 aliphatic heterocycles. The Bertz CT molecular complexity index is 859. The molecule has 6 nitrogen and oxygen atoms in total. The van der Waals surface area contributed by atoms with Crippen LogP contribution in [0.1, 0.15) is 34.3 Å². The number of aliphatic carboxylic acids is 1. The van der Waals surface area contributed by atoms with Crippen LogP contribution in [0.2, 0.25) is 0 Å². The van der Waals surface area contributed by atoms with Crippen LogP contribution in [0, 0.1) is 0 Å². The van der Waals surface area contributed by atoms with Gasteiger partial charge in [-0.25, -0.2) is 0 Å². The number of rotatable bonds is 5. The smallest absolute Gasteiger partial charge is 0.303 e. The molecule has 0 spiro atoms. The van der Waals surface area contributed by atoms with E-state index in [9.17, 15) is 14.4 Å². The quantitative estimate of drug-likeness (QED) is 0.866. The summed E-state index contributed by atoms with van der Waals surface area (Å²) in [5.74, 6) is -0.967. The Kier molecular flexibility index (Phi) is 5.02. The Balaban J connectivity index is 1.68. The molecular formula is C20H20N2O4. The summed E-state index contributed by atoms with van der Waals surface area (Å²) in [6, 6.07) is 12.5. The van der Waals surface area contributed by atoms with Crippen molar-refractivity contribution >= 4 is 29.2 Å². The van der Waals surface area contributed by atoms with Crippen molar-refractivity contribution in [3.8, 4) is 0 Å². The topological polar surface area (TPSA) is 86.7 Å². The number of carbonyl (C=O) groups excluding carboxylic acids is 2. The molecule has 2 aromatic carbocycles. The molecule has 2 N–H and O–H groups in total. The predicted molar refractivity (Wildman–Crippen MR) is 98.5 cm³/mol. The summed E-state index contributed by atoms with van der Waals surface area (Å²) < 4.78 is 0. The summed E-state index contributed by atoms with van der Waals surface area (Å²) in [6.07, 6.45) is 1.63. The maximum absolute atomic E-state index is 12.5. The van der Waals surface area contributed by atoms with Crippen LogP contribution in [0.5, 0.6) is 0 Å². The third-order valence-corrected chi connectivity index (χ3v) is 4.52. The fourth-order valence-electron chi connectivity index (χ4n) is 3.01. The molecule has 1 heterocycles. The van der Waals surface area contributed by atoms with Crippen molar-refractivity contribution in [1.82, 2.24) is 0 Å². The van der Waals surface area contributed by atoms with E-state index < -0.39 is 5.97 Å². The number of anilines is 2. The lowest BCUT2D eigenvalue weighted by atomic mass is 9.99. The molecule has 0 aliphatic carbocycles. The zero-order chi connectivity index (χ0) is 18.7. The van der Waals surface area contributed by atoms with E-state index >= 15 is 0 Å². The van der Waals surface area contributed by atoms with Crippen LogP contribution in [0.3, 0.4) is 0 Å². The third kappa shape index (κ3) is 3.91. The fourth-order valence-corrected chi connectivity index (χ4v) is 3.01. The number of fused-ring (bicyclic) bond motifs is 1. The SMILES string of the molecule is CN1C(=O)CCc2cc(C(=O)Nc3ccc(CCC(=O)O)cc3)ccc21. The van der Waals surface area contributed by atoms with Gasteiger partial charge in [-0.05, 0) is 54.3 Å². The molecule has 0 radical (unpaired) electrons. The van der Waals surface area contributed by atoms with E-state index in [0.717, 1.165) is 16.8 Å². The Labute approximate surface area is 151 Å². The number of hydrogen-bond donors (Lipinski definition) is 2. The first-order valence-electron chi connectivity index (χ1n) is 8.45. The average Bonchev–Trinajstić information content (AvgIpc) is 2.64. The Hall–Kier alpha value is -3.15. The Morgan fingerprint density at radius 3 is 2.54 bits per heavy atom. The van der Waals surface area contributed by atoms with E-state index in [4.69, 9.17) is 5.11 Å². The molecule has 3 rings (SSSR count). The molecule has 0 unspecified atom stereocenters. The standard InChI is InChI=1S/C20H20N2O4/c1-22-17-9-5-15(12-14(17)6-10-18(22)23)20(26)21-16-7-2-13(3-8-16)4-11-19(24)25/h2-3,5,7-9,12H,4,6,10-11H2,1H3,(H,21,26)(H,24,25). The second kappa shape index (κ2) is 7.39. The lowest BCUT2D eigenvalue weighted by molar-refractivity contribution is -0.137. The zero-order valence-electron chi connectivity index (χ0n) is 14.5. The van der Waals surface area contributed by atoms with Crippen LogP contribution < -0.4 is 10.2 Å². The van der Waals surface area contributed by atoms with E-state index in [0.29, 0.717) is 30.5 Å². The molecule has 1 aliphatic rings. The predicted octanol–water partition coefficient (Wildman–Crippen LogP) is 2.87. The van der Waals surface area contributed by atoms with Gasteiger partial charge in [0, 0.05) is 36.8 Å². The second-order valence-electron chi connectivity index (χ2n) is 6.34. The molecule has 134 valence electrons. The number of hydrogen-bond acceptors (Lipinski definition) is 3. The summed E-state index contributed by atoms with van der Waals surface area (Å²) in [6.45, 7) is 0. The minimum atomic E-state index is -0.831. The van der Waals surface area contributed by atoms with Crippen LogP contribution in [-0.2, 0) is 22.4 Å². The molecule has 0 saturated heterocycles. The van der Waals surface area contributed by atoms with Gasteiger partial charge in [0.25, 0.3) is 5.91 Å². The summed E-state index contributed by atoms with van der Waals surface area (Å²) >= 11 is 0. The summed E-state index contributed by atoms with van der Waals surface area (Å²) in [7, 11) is 1.74. The number of nitrogens with one attached hydrogen (secondary N) is 1. The molecule has 0 bridgehead atoms. The lowest BCUT2D eigenvalue weighted by Crippen LogP contribution is -2.31. The first-order chi connectivity index (χ1) is 12.4. The first-order valence-corrected chi connectivity index (χ1v) is 8.45. The highest BCUT2D eigenvalue weighted by atomic mass is 16.4. The highest BCUT2D eigenvalue weighted by Gasteiger charge is 2.21. The molecule has 0 aromatic heterocycles. The summed E-state index contributed by atoms with van der Waals surface area (Å²) in [5, 5.41) is 11.6. The van der Waals surface area contributed by atoms with Gasteiger partial charge in [-0.2, -0.15) is 0 Å². The molecule has 0 atom stereocenters. The van der Waals surface area contributed by atoms with Crippen molar-refractivity contribution in [2.45, 2.75) is 25.7 Å². The third-order valence-electron chi connectivity index (χ3n) is 4.52. The molecule has 0 fully saturated rings. The first kappa shape index (κ1) is 17.7. The van der Waals surface area contributed by atoms with Crippen LogP contribution in [0.25, 0.3) is 0 Å². The minimum absolute atomic E-state index is 0.0811. The number of carbonyl (C=O) groups is 3. The largest absolute Gasteiger partial charge is 0.481 e. The molecule has 6 heteroatoms. The number of amides is 2. The van der Waals surface area contributed by atoms with Gasteiger partial charge in [-0.1, -0.05) is 12.1 Å². The normalized spacial score (nSPS) is 13.3. The van der Waals surface area contributed by atoms with E-state index in [2.05, 4.69) is 5.32 Å². The van der Waals surface area contributed by atoms with Crippen molar-refractivity contribution in [3.05, 3.63) is 59.2 Å². The van der Waals surface area contributed by atoms with Gasteiger partial charge in [0.1, 0.15) is 0 Å². The van der Waals surface area contributed by atoms with E-state index in [-0.39, 0.29) is 18.2 Å². The second-order valence-corrected chi connectivity index (χ2v) is 6.34. The van der Waals surface area contributed by atoms with Gasteiger partial charge < -0.3 is 15.3 Å². The number of carboxylic acid groups (broad SMARTS) is 1. The minimum Gasteiger partial charge on any atom is -0.481 e. The number of aryl methyl sites for hydroxylation is 2. The van der Waals surface area contributed by atoms with Crippen LogP contribution >= 0.6 is 0 Å². The summed E-state index contributed by atoms with van der Waals surface area (Å²) in [4.78, 5) is 36.4. The van der Waals surface area contributed by atoms with Gasteiger partial charge in [-0.3, -0.25) is 14.4 Å². The van der Waals surface area contributed by atoms with Gasteiger partial charge >= 0.3 is 5.97 Å². The van der Waals surface area contributed by atoms with Crippen molar-refractivity contribution in [3.63, 3.8) is 0 Å². The van der Waals surface area contributed by atoms with E-state index in [1.54, 1.807) is 36.2 Å². The van der Waals surface area contributed by atoms with Gasteiger partial charge in [0.05, 0.1) is 0 Å². The molecule has 0 saturated carbocycles. The van der Waals surface area contributed by atoms with E-state index in [1.165, 1.54) is 0 Å². The zero-order valence-corrected chi connectivity index (χ0v) is 14.5. The maximum atomic E-state index is 12.5. The molecule has 2 aromatic rings. The number of carboxylic acids is 1. The average molecular weight is 352 g/mol. The fraction of sp³-hybridized carbons (Fsp3) is 0.250. The van der Waals surface area contributed by atoms with Crippen LogP contribution in [-0.4, -0.2) is 29.9 Å². The van der Waals surface area contributed by atoms with Crippen molar-refractivity contribution < 1.29 is 19.5 Å². The van der Waals surface area contributed by atoms with Gasteiger partial charge in [-0.15, -0.1) is 0 Å². The van der Waals surface area contributed by atoms with Crippen LogP contribution in [0.15, 0.2) is 42.5 Å². The number of nitrogens with zero attached hydrogens (tertiary/aromatic N) is 1. The summed E-state index contributed by atoms with van der Waals surface area (Å²) in [5.41, 5.74) is 3.94.